The Morgan fingerprint density at radius 1 is 1.07 bits per heavy atom. The van der Waals surface area contributed by atoms with Gasteiger partial charge in [-0.2, -0.15) is 0 Å². The summed E-state index contributed by atoms with van der Waals surface area (Å²) in [4.78, 5) is 26.8. The fourth-order valence-corrected chi connectivity index (χ4v) is 4.28. The molecule has 2 heterocycles. The Balaban J connectivity index is 1.52. The van der Waals surface area contributed by atoms with Gasteiger partial charge in [0, 0.05) is 21.6 Å². The van der Waals surface area contributed by atoms with E-state index in [1.54, 1.807) is 19.1 Å². The van der Waals surface area contributed by atoms with Gasteiger partial charge in [-0.1, -0.05) is 24.3 Å². The summed E-state index contributed by atoms with van der Waals surface area (Å²) in [6.45, 7) is 5.99. The number of hydrogen-bond acceptors (Lipinski definition) is 5. The quantitative estimate of drug-likeness (QED) is 0.443. The minimum atomic E-state index is -0.850. The molecule has 0 saturated heterocycles. The van der Waals surface area contributed by atoms with E-state index in [1.165, 1.54) is 11.3 Å². The molecule has 0 saturated carbocycles. The largest absolute Gasteiger partial charge is 0.488 e. The number of hydrogen-bond donors (Lipinski definition) is 0. The molecule has 1 atom stereocenters. The highest BCUT2D eigenvalue weighted by Gasteiger charge is 2.26. The second-order valence-electron chi connectivity index (χ2n) is 6.96. The molecule has 2 aromatic carbocycles. The molecule has 0 unspecified atom stereocenters. The van der Waals surface area contributed by atoms with E-state index in [4.69, 9.17) is 9.47 Å². The lowest BCUT2D eigenvalue weighted by atomic mass is 10.0. The van der Waals surface area contributed by atoms with Crippen LogP contribution in [0.1, 0.15) is 43.6 Å². The van der Waals surface area contributed by atoms with Gasteiger partial charge < -0.3 is 9.47 Å². The third kappa shape index (κ3) is 3.34. The lowest BCUT2D eigenvalue weighted by Crippen LogP contribution is -2.24. The molecule has 0 spiro atoms. The summed E-state index contributed by atoms with van der Waals surface area (Å²) in [7, 11) is 0. The number of fused-ring (bicyclic) bond motifs is 3. The van der Waals surface area contributed by atoms with Crippen molar-refractivity contribution in [1.29, 1.82) is 0 Å². The standard InChI is InChI=1S/C23H20O4S/c1-13-8-9-16(10-14(13)2)21(24)15(3)27-23(25)20-11-17-12-26-19-7-5-4-6-18(19)22(17)28-20/h4-11,15H,12H2,1-3H3/t15-/m0/s1. The fraction of sp³-hybridized carbons (Fsp3) is 0.217. The zero-order valence-electron chi connectivity index (χ0n) is 15.9. The van der Waals surface area contributed by atoms with E-state index >= 15 is 0 Å². The van der Waals surface area contributed by atoms with Crippen molar-refractivity contribution in [2.24, 2.45) is 0 Å². The number of carbonyl (C=O) groups is 2. The van der Waals surface area contributed by atoms with Gasteiger partial charge in [0.05, 0.1) is 0 Å². The molecule has 0 bridgehead atoms. The fourth-order valence-electron chi connectivity index (χ4n) is 3.20. The van der Waals surface area contributed by atoms with Crippen LogP contribution in [0.4, 0.5) is 0 Å². The van der Waals surface area contributed by atoms with Gasteiger partial charge >= 0.3 is 5.97 Å². The van der Waals surface area contributed by atoms with Crippen LogP contribution in [0.15, 0.2) is 48.5 Å². The molecule has 1 aromatic heterocycles. The third-order valence-corrected chi connectivity index (χ3v) is 6.16. The van der Waals surface area contributed by atoms with E-state index in [9.17, 15) is 9.59 Å². The van der Waals surface area contributed by atoms with Crippen molar-refractivity contribution >= 4 is 23.1 Å². The topological polar surface area (TPSA) is 52.6 Å². The van der Waals surface area contributed by atoms with Crippen LogP contribution in [0.25, 0.3) is 10.4 Å². The number of ether oxygens (including phenoxy) is 2. The summed E-state index contributed by atoms with van der Waals surface area (Å²) in [5.41, 5.74) is 4.65. The van der Waals surface area contributed by atoms with Crippen molar-refractivity contribution < 1.29 is 19.1 Å². The van der Waals surface area contributed by atoms with Crippen LogP contribution in [0.3, 0.4) is 0 Å². The maximum atomic E-state index is 12.6. The molecule has 3 aromatic rings. The van der Waals surface area contributed by atoms with Gasteiger partial charge in [0.1, 0.15) is 17.2 Å². The number of benzene rings is 2. The van der Waals surface area contributed by atoms with Crippen molar-refractivity contribution in [2.45, 2.75) is 33.5 Å². The number of carbonyl (C=O) groups excluding carboxylic acids is 2. The number of aryl methyl sites for hydroxylation is 2. The first kappa shape index (κ1) is 18.4. The highest BCUT2D eigenvalue weighted by Crippen LogP contribution is 2.42. The molecular weight excluding hydrogens is 372 g/mol. The summed E-state index contributed by atoms with van der Waals surface area (Å²) >= 11 is 1.37. The van der Waals surface area contributed by atoms with E-state index in [-0.39, 0.29) is 5.78 Å². The third-order valence-electron chi connectivity index (χ3n) is 4.97. The van der Waals surface area contributed by atoms with Crippen LogP contribution in [0, 0.1) is 13.8 Å². The first-order valence-electron chi connectivity index (χ1n) is 9.11. The molecule has 4 nitrogen and oxygen atoms in total. The highest BCUT2D eigenvalue weighted by molar-refractivity contribution is 7.17. The SMILES string of the molecule is Cc1ccc(C(=O)[C@H](C)OC(=O)c2cc3c(s2)-c2ccccc2OC3)cc1C. The molecule has 142 valence electrons. The minimum Gasteiger partial charge on any atom is -0.488 e. The van der Waals surface area contributed by atoms with E-state index in [1.807, 2.05) is 50.2 Å². The van der Waals surface area contributed by atoms with Crippen molar-refractivity contribution in [3.8, 4) is 16.2 Å². The van der Waals surface area contributed by atoms with E-state index in [2.05, 4.69) is 0 Å². The average molecular weight is 392 g/mol. The zero-order chi connectivity index (χ0) is 19.8. The normalized spacial score (nSPS) is 13.1. The van der Waals surface area contributed by atoms with Gasteiger partial charge in [-0.05, 0) is 56.2 Å². The smallest absolute Gasteiger partial charge is 0.349 e. The molecule has 4 rings (SSSR count). The van der Waals surface area contributed by atoms with E-state index < -0.39 is 12.1 Å². The molecule has 0 aliphatic carbocycles. The first-order valence-corrected chi connectivity index (χ1v) is 9.93. The van der Waals surface area contributed by atoms with Gasteiger partial charge in [-0.15, -0.1) is 11.3 Å². The average Bonchev–Trinajstić information content (AvgIpc) is 3.14. The summed E-state index contributed by atoms with van der Waals surface area (Å²) in [6, 6.07) is 15.1. The molecular formula is C23H20O4S. The van der Waals surface area contributed by atoms with Crippen LogP contribution >= 0.6 is 11.3 Å². The van der Waals surface area contributed by atoms with Crippen LogP contribution < -0.4 is 4.74 Å². The summed E-state index contributed by atoms with van der Waals surface area (Å²) < 4.78 is 11.2. The van der Waals surface area contributed by atoms with Crippen LogP contribution in [0.2, 0.25) is 0 Å². The van der Waals surface area contributed by atoms with Crippen LogP contribution in [-0.4, -0.2) is 17.9 Å². The number of thiophene rings is 1. The number of para-hydroxylation sites is 1. The summed E-state index contributed by atoms with van der Waals surface area (Å²) in [6.07, 6.45) is -0.850. The van der Waals surface area contributed by atoms with Gasteiger partial charge in [0.15, 0.2) is 6.10 Å². The second-order valence-corrected chi connectivity index (χ2v) is 8.01. The maximum Gasteiger partial charge on any atom is 0.349 e. The number of Topliss-reactive ketones (excluding diaryl/α,β-unsaturated/α-hetero) is 1. The Hall–Kier alpha value is -2.92. The Morgan fingerprint density at radius 3 is 2.64 bits per heavy atom. The highest BCUT2D eigenvalue weighted by atomic mass is 32.1. The number of ketones is 1. The molecule has 0 radical (unpaired) electrons. The summed E-state index contributed by atoms with van der Waals surface area (Å²) in [5.74, 6) is 0.128. The van der Waals surface area contributed by atoms with Crippen molar-refractivity contribution in [1.82, 2.24) is 0 Å². The predicted octanol–water partition coefficient (Wildman–Crippen LogP) is 5.35. The Labute approximate surface area is 167 Å². The Bertz CT molecular complexity index is 1080. The lowest BCUT2D eigenvalue weighted by Gasteiger charge is -2.16. The van der Waals surface area contributed by atoms with Gasteiger partial charge in [-0.25, -0.2) is 4.79 Å². The number of esters is 1. The maximum absolute atomic E-state index is 12.6. The Morgan fingerprint density at radius 2 is 1.86 bits per heavy atom. The zero-order valence-corrected chi connectivity index (χ0v) is 16.8. The monoisotopic (exact) mass is 392 g/mol. The second kappa shape index (κ2) is 7.24. The predicted molar refractivity (Wildman–Crippen MR) is 109 cm³/mol. The van der Waals surface area contributed by atoms with Crippen molar-refractivity contribution in [3.05, 3.63) is 75.7 Å². The summed E-state index contributed by atoms with van der Waals surface area (Å²) in [5, 5.41) is 0. The molecule has 0 fully saturated rings. The van der Waals surface area contributed by atoms with Gasteiger partial charge in [0.25, 0.3) is 0 Å². The minimum absolute atomic E-state index is 0.202. The molecule has 28 heavy (non-hydrogen) atoms. The molecule has 1 aliphatic heterocycles. The van der Waals surface area contributed by atoms with E-state index in [0.717, 1.165) is 32.9 Å². The van der Waals surface area contributed by atoms with Crippen molar-refractivity contribution in [2.75, 3.05) is 0 Å². The molecule has 0 amide bonds. The van der Waals surface area contributed by atoms with Crippen molar-refractivity contribution in [3.63, 3.8) is 0 Å². The van der Waals surface area contributed by atoms with E-state index in [0.29, 0.717) is 17.0 Å². The molecule has 5 heteroatoms. The van der Waals surface area contributed by atoms with Crippen LogP contribution in [0.5, 0.6) is 5.75 Å². The first-order chi connectivity index (χ1) is 13.4. The van der Waals surface area contributed by atoms with Gasteiger partial charge in [0.2, 0.25) is 5.78 Å². The molecule has 1 aliphatic rings. The number of rotatable bonds is 4. The Kier molecular flexibility index (Phi) is 4.77. The van der Waals surface area contributed by atoms with Gasteiger partial charge in [-0.3, -0.25) is 4.79 Å². The lowest BCUT2D eigenvalue weighted by molar-refractivity contribution is 0.0323. The molecule has 0 N–H and O–H groups in total. The van der Waals surface area contributed by atoms with Crippen LogP contribution in [-0.2, 0) is 11.3 Å².